The van der Waals surface area contributed by atoms with Crippen LogP contribution in [0.3, 0.4) is 0 Å². The third-order valence-electron chi connectivity index (χ3n) is 4.06. The number of Topliss-reactive ketones (excluding diaryl/α,β-unsaturated/α-hetero) is 1. The minimum Gasteiger partial charge on any atom is -0.508 e. The highest BCUT2D eigenvalue weighted by atomic mass is 16.3. The van der Waals surface area contributed by atoms with Crippen LogP contribution in [0.4, 0.5) is 0 Å². The molecule has 19 heavy (non-hydrogen) atoms. The van der Waals surface area contributed by atoms with Gasteiger partial charge < -0.3 is 9.67 Å². The van der Waals surface area contributed by atoms with Crippen molar-refractivity contribution in [1.82, 2.24) is 4.57 Å². The van der Waals surface area contributed by atoms with E-state index < -0.39 is 0 Å². The summed E-state index contributed by atoms with van der Waals surface area (Å²) in [7, 11) is 0. The van der Waals surface area contributed by atoms with Gasteiger partial charge in [-0.2, -0.15) is 0 Å². The van der Waals surface area contributed by atoms with E-state index in [2.05, 4.69) is 9.56 Å². The van der Waals surface area contributed by atoms with E-state index in [0.717, 1.165) is 36.0 Å². The molecule has 0 aliphatic carbocycles. The number of carbonyl (C=O) groups excluding carboxylic acids is 1. The summed E-state index contributed by atoms with van der Waals surface area (Å²) in [5, 5.41) is 10.9. The van der Waals surface area contributed by atoms with Gasteiger partial charge in [0.2, 0.25) is 0 Å². The van der Waals surface area contributed by atoms with Crippen molar-refractivity contribution in [3.05, 3.63) is 29.5 Å². The molecule has 0 atom stereocenters. The maximum atomic E-state index is 12.1. The van der Waals surface area contributed by atoms with Crippen molar-refractivity contribution in [1.29, 1.82) is 0 Å². The minimum absolute atomic E-state index is 0.159. The molecule has 96 valence electrons. The van der Waals surface area contributed by atoms with Crippen LogP contribution in [0.2, 0.25) is 0 Å². The fourth-order valence-corrected chi connectivity index (χ4v) is 3.26. The summed E-state index contributed by atoms with van der Waals surface area (Å²) in [5.41, 5.74) is 3.88. The van der Waals surface area contributed by atoms with Gasteiger partial charge in [-0.1, -0.05) is 0 Å². The molecule has 0 saturated carbocycles. The number of hydrogen-bond donors (Lipinski definition) is 1. The zero-order valence-electron chi connectivity index (χ0n) is 10.5. The van der Waals surface area contributed by atoms with Crippen molar-refractivity contribution >= 4 is 22.4 Å². The predicted molar refractivity (Wildman–Crippen MR) is 73.0 cm³/mol. The summed E-state index contributed by atoms with van der Waals surface area (Å²) < 4.78 is 2.16. The number of nitrogens with zero attached hydrogens (tertiary/aromatic N) is 2. The van der Waals surface area contributed by atoms with Gasteiger partial charge in [-0.25, -0.2) is 0 Å². The van der Waals surface area contributed by atoms with E-state index in [1.54, 1.807) is 12.1 Å². The lowest BCUT2D eigenvalue weighted by atomic mass is 9.99. The Bertz CT molecular complexity index is 740. The molecule has 1 aromatic heterocycles. The fourth-order valence-electron chi connectivity index (χ4n) is 3.26. The maximum Gasteiger partial charge on any atom is 0.182 e. The Kier molecular flexibility index (Phi) is 2.10. The predicted octanol–water partition coefficient (Wildman–Crippen LogP) is 2.05. The number of aryl methyl sites for hydroxylation is 1. The van der Waals surface area contributed by atoms with Crippen molar-refractivity contribution in [3.63, 3.8) is 0 Å². The first-order chi connectivity index (χ1) is 9.25. The first-order valence-corrected chi connectivity index (χ1v) is 6.68. The highest BCUT2D eigenvalue weighted by Crippen LogP contribution is 2.33. The Morgan fingerprint density at radius 1 is 1.26 bits per heavy atom. The molecule has 2 aliphatic heterocycles. The van der Waals surface area contributed by atoms with E-state index in [1.807, 2.05) is 6.07 Å². The second-order valence-corrected chi connectivity index (χ2v) is 5.19. The van der Waals surface area contributed by atoms with Crippen LogP contribution in [-0.4, -0.2) is 27.7 Å². The number of phenolic OH excluding ortho intramolecular Hbond substituents is 1. The summed E-state index contributed by atoms with van der Waals surface area (Å²) in [5.74, 6) is 0.430. The van der Waals surface area contributed by atoms with Crippen LogP contribution in [0.5, 0.6) is 5.75 Å². The van der Waals surface area contributed by atoms with Crippen LogP contribution >= 0.6 is 0 Å². The molecule has 1 aromatic carbocycles. The summed E-state index contributed by atoms with van der Waals surface area (Å²) in [6.07, 6.45) is 2.28. The number of aromatic nitrogens is 1. The molecular formula is C15H14N2O2. The van der Waals surface area contributed by atoms with Crippen molar-refractivity contribution in [2.24, 2.45) is 4.99 Å². The normalized spacial score (nSPS) is 18.1. The number of hydrogen-bond acceptors (Lipinski definition) is 3. The van der Waals surface area contributed by atoms with E-state index in [1.165, 1.54) is 5.56 Å². The summed E-state index contributed by atoms with van der Waals surface area (Å²) in [6.45, 7) is 1.51. The second kappa shape index (κ2) is 3.70. The van der Waals surface area contributed by atoms with Crippen LogP contribution in [0.25, 0.3) is 10.9 Å². The smallest absolute Gasteiger partial charge is 0.182 e. The topological polar surface area (TPSA) is 54.6 Å². The lowest BCUT2D eigenvalue weighted by Crippen LogP contribution is -2.21. The van der Waals surface area contributed by atoms with Crippen LogP contribution in [0, 0.1) is 0 Å². The monoisotopic (exact) mass is 254 g/mol. The third-order valence-corrected chi connectivity index (χ3v) is 4.06. The van der Waals surface area contributed by atoms with Crippen LogP contribution in [-0.2, 0) is 17.8 Å². The van der Waals surface area contributed by atoms with E-state index in [4.69, 9.17) is 0 Å². The number of ketones is 1. The Hall–Kier alpha value is -2.10. The highest BCUT2D eigenvalue weighted by Gasteiger charge is 2.29. The first-order valence-electron chi connectivity index (χ1n) is 6.68. The Morgan fingerprint density at radius 2 is 2.16 bits per heavy atom. The van der Waals surface area contributed by atoms with Crippen molar-refractivity contribution < 1.29 is 9.90 Å². The van der Waals surface area contributed by atoms with Gasteiger partial charge in [-0.15, -0.1) is 0 Å². The molecule has 0 saturated heterocycles. The number of carbonyl (C=O) groups is 1. The van der Waals surface area contributed by atoms with Crippen LogP contribution < -0.4 is 0 Å². The molecule has 4 rings (SSSR count). The van der Waals surface area contributed by atoms with E-state index in [0.29, 0.717) is 18.7 Å². The molecule has 2 aliphatic rings. The van der Waals surface area contributed by atoms with Gasteiger partial charge in [0.15, 0.2) is 5.78 Å². The van der Waals surface area contributed by atoms with Gasteiger partial charge in [-0.05, 0) is 30.5 Å². The molecule has 2 aromatic rings. The van der Waals surface area contributed by atoms with Gasteiger partial charge in [-0.3, -0.25) is 9.79 Å². The van der Waals surface area contributed by atoms with Gasteiger partial charge in [0.1, 0.15) is 11.5 Å². The van der Waals surface area contributed by atoms with E-state index >= 15 is 0 Å². The molecule has 0 fully saturated rings. The largest absolute Gasteiger partial charge is 0.508 e. The number of phenols is 1. The summed E-state index contributed by atoms with van der Waals surface area (Å²) in [4.78, 5) is 16.6. The summed E-state index contributed by atoms with van der Waals surface area (Å²) in [6, 6.07) is 5.46. The van der Waals surface area contributed by atoms with E-state index in [9.17, 15) is 9.90 Å². The molecule has 4 nitrogen and oxygen atoms in total. The van der Waals surface area contributed by atoms with Gasteiger partial charge >= 0.3 is 0 Å². The number of fused-ring (bicyclic) bond motifs is 3. The standard InChI is InChI=1S/C15H14N2O2/c18-9-3-4-10-11-5-6-16-14-13(19)2-1-7-17(15(11)14)12(10)8-9/h3-4,8,18H,1-2,5-7H2. The summed E-state index contributed by atoms with van der Waals surface area (Å²) >= 11 is 0. The van der Waals surface area contributed by atoms with Crippen LogP contribution in [0.1, 0.15) is 24.1 Å². The number of benzene rings is 1. The first kappa shape index (κ1) is 10.8. The minimum atomic E-state index is 0.159. The Morgan fingerprint density at radius 3 is 3.05 bits per heavy atom. The molecule has 4 heteroatoms. The molecule has 0 unspecified atom stereocenters. The van der Waals surface area contributed by atoms with E-state index in [-0.39, 0.29) is 11.5 Å². The zero-order valence-corrected chi connectivity index (χ0v) is 10.5. The third kappa shape index (κ3) is 1.40. The highest BCUT2D eigenvalue weighted by molar-refractivity contribution is 6.47. The molecule has 1 N–H and O–H groups in total. The average Bonchev–Trinajstić information content (AvgIpc) is 2.61. The molecule has 0 spiro atoms. The number of aliphatic imine (C=N–C) groups is 1. The Balaban J connectivity index is 2.13. The van der Waals surface area contributed by atoms with Gasteiger partial charge in [0, 0.05) is 31.0 Å². The SMILES string of the molecule is O=C1CCCn2c3c(c4ccc(O)cc42)CCN=C13. The quantitative estimate of drug-likeness (QED) is 0.782. The molecule has 0 bridgehead atoms. The zero-order chi connectivity index (χ0) is 13.0. The van der Waals surface area contributed by atoms with Crippen molar-refractivity contribution in [3.8, 4) is 5.75 Å². The molecule has 0 amide bonds. The number of aromatic hydroxyl groups is 1. The second-order valence-electron chi connectivity index (χ2n) is 5.19. The van der Waals surface area contributed by atoms with Crippen molar-refractivity contribution in [2.45, 2.75) is 25.8 Å². The average molecular weight is 254 g/mol. The lowest BCUT2D eigenvalue weighted by molar-refractivity contribution is -0.112. The molecular weight excluding hydrogens is 240 g/mol. The maximum absolute atomic E-state index is 12.1. The van der Waals surface area contributed by atoms with Crippen molar-refractivity contribution in [2.75, 3.05) is 6.54 Å². The van der Waals surface area contributed by atoms with Crippen LogP contribution in [0.15, 0.2) is 23.2 Å². The lowest BCUT2D eigenvalue weighted by Gasteiger charge is -2.13. The van der Waals surface area contributed by atoms with Gasteiger partial charge in [0.25, 0.3) is 0 Å². The fraction of sp³-hybridized carbons (Fsp3) is 0.333. The Labute approximate surface area is 110 Å². The van der Waals surface area contributed by atoms with Gasteiger partial charge in [0.05, 0.1) is 11.2 Å². The molecule has 3 heterocycles. The number of rotatable bonds is 0. The molecule has 0 radical (unpaired) electrons.